The lowest BCUT2D eigenvalue weighted by atomic mass is 10.0. The van der Waals surface area contributed by atoms with E-state index in [-0.39, 0.29) is 11.9 Å². The SMILES string of the molecule is COc1ccc(CC(=O)N(CCN2CCOCC2)C2CCOCC2)cc1. The van der Waals surface area contributed by atoms with Crippen LogP contribution in [0.1, 0.15) is 18.4 Å². The van der Waals surface area contributed by atoms with E-state index in [1.807, 2.05) is 24.3 Å². The molecule has 2 aliphatic rings. The Labute approximate surface area is 156 Å². The molecule has 2 aliphatic heterocycles. The summed E-state index contributed by atoms with van der Waals surface area (Å²) in [5, 5.41) is 0. The molecule has 26 heavy (non-hydrogen) atoms. The Morgan fingerprint density at radius 1 is 1.12 bits per heavy atom. The number of nitrogens with zero attached hydrogens (tertiary/aromatic N) is 2. The number of methoxy groups -OCH3 is 1. The normalized spacial score (nSPS) is 19.3. The molecule has 144 valence electrons. The Kier molecular flexibility index (Phi) is 7.29. The van der Waals surface area contributed by atoms with Crippen molar-refractivity contribution < 1.29 is 19.0 Å². The Bertz CT molecular complexity index is 551. The highest BCUT2D eigenvalue weighted by Crippen LogP contribution is 2.18. The topological polar surface area (TPSA) is 51.2 Å². The van der Waals surface area contributed by atoms with Gasteiger partial charge in [-0.3, -0.25) is 9.69 Å². The molecule has 0 aromatic heterocycles. The zero-order valence-electron chi connectivity index (χ0n) is 15.7. The van der Waals surface area contributed by atoms with Crippen LogP contribution >= 0.6 is 0 Å². The first-order valence-electron chi connectivity index (χ1n) is 9.56. The van der Waals surface area contributed by atoms with Gasteiger partial charge in [-0.15, -0.1) is 0 Å². The summed E-state index contributed by atoms with van der Waals surface area (Å²) in [6, 6.07) is 8.06. The van der Waals surface area contributed by atoms with Crippen LogP contribution in [0.4, 0.5) is 0 Å². The van der Waals surface area contributed by atoms with Crippen LogP contribution in [0.25, 0.3) is 0 Å². The molecule has 0 unspecified atom stereocenters. The van der Waals surface area contributed by atoms with E-state index in [0.29, 0.717) is 6.42 Å². The van der Waals surface area contributed by atoms with Gasteiger partial charge in [-0.2, -0.15) is 0 Å². The molecule has 0 bridgehead atoms. The highest BCUT2D eigenvalue weighted by atomic mass is 16.5. The van der Waals surface area contributed by atoms with Crippen molar-refractivity contribution in [2.45, 2.75) is 25.3 Å². The molecule has 6 nitrogen and oxygen atoms in total. The Hall–Kier alpha value is -1.63. The first-order valence-corrected chi connectivity index (χ1v) is 9.56. The van der Waals surface area contributed by atoms with Gasteiger partial charge in [-0.05, 0) is 30.5 Å². The first-order chi connectivity index (χ1) is 12.8. The van der Waals surface area contributed by atoms with Crippen LogP contribution < -0.4 is 4.74 Å². The molecular weight excluding hydrogens is 332 g/mol. The van der Waals surface area contributed by atoms with Gasteiger partial charge in [0.1, 0.15) is 5.75 Å². The third-order valence-electron chi connectivity index (χ3n) is 5.23. The van der Waals surface area contributed by atoms with Gasteiger partial charge in [-0.1, -0.05) is 12.1 Å². The third-order valence-corrected chi connectivity index (χ3v) is 5.23. The minimum Gasteiger partial charge on any atom is -0.497 e. The summed E-state index contributed by atoms with van der Waals surface area (Å²) in [7, 11) is 1.65. The van der Waals surface area contributed by atoms with Crippen LogP contribution in [-0.2, 0) is 20.7 Å². The maximum Gasteiger partial charge on any atom is 0.227 e. The number of carbonyl (C=O) groups excluding carboxylic acids is 1. The fraction of sp³-hybridized carbons (Fsp3) is 0.650. The Balaban J connectivity index is 1.61. The summed E-state index contributed by atoms with van der Waals surface area (Å²) in [6.07, 6.45) is 2.29. The minimum absolute atomic E-state index is 0.204. The minimum atomic E-state index is 0.204. The highest BCUT2D eigenvalue weighted by Gasteiger charge is 2.26. The maximum absolute atomic E-state index is 13.0. The lowest BCUT2D eigenvalue weighted by Gasteiger charge is -2.36. The van der Waals surface area contributed by atoms with Gasteiger partial charge in [0.25, 0.3) is 0 Å². The Morgan fingerprint density at radius 2 is 1.77 bits per heavy atom. The van der Waals surface area contributed by atoms with Crippen LogP contribution in [0.3, 0.4) is 0 Å². The molecule has 1 aromatic rings. The second-order valence-electron chi connectivity index (χ2n) is 6.91. The molecule has 2 heterocycles. The lowest BCUT2D eigenvalue weighted by molar-refractivity contribution is -0.135. The van der Waals surface area contributed by atoms with Crippen LogP contribution in [0.2, 0.25) is 0 Å². The molecule has 2 fully saturated rings. The second kappa shape index (κ2) is 9.90. The van der Waals surface area contributed by atoms with Gasteiger partial charge in [0.2, 0.25) is 5.91 Å². The second-order valence-corrected chi connectivity index (χ2v) is 6.91. The highest BCUT2D eigenvalue weighted by molar-refractivity contribution is 5.79. The molecule has 1 amide bonds. The fourth-order valence-electron chi connectivity index (χ4n) is 3.60. The number of benzene rings is 1. The van der Waals surface area contributed by atoms with E-state index in [2.05, 4.69) is 9.80 Å². The summed E-state index contributed by atoms with van der Waals surface area (Å²) < 4.78 is 16.1. The largest absolute Gasteiger partial charge is 0.497 e. The van der Waals surface area contributed by atoms with Crippen molar-refractivity contribution >= 4 is 5.91 Å². The van der Waals surface area contributed by atoms with E-state index >= 15 is 0 Å². The summed E-state index contributed by atoms with van der Waals surface area (Å²) >= 11 is 0. The van der Waals surface area contributed by atoms with E-state index in [4.69, 9.17) is 14.2 Å². The molecule has 0 atom stereocenters. The molecule has 0 N–H and O–H groups in total. The monoisotopic (exact) mass is 362 g/mol. The van der Waals surface area contributed by atoms with Crippen molar-refractivity contribution in [2.75, 3.05) is 59.7 Å². The van der Waals surface area contributed by atoms with Crippen molar-refractivity contribution in [3.8, 4) is 5.75 Å². The van der Waals surface area contributed by atoms with E-state index < -0.39 is 0 Å². The van der Waals surface area contributed by atoms with Crippen molar-refractivity contribution in [3.63, 3.8) is 0 Å². The molecule has 1 aromatic carbocycles. The number of morpholine rings is 1. The van der Waals surface area contributed by atoms with Gasteiger partial charge in [0, 0.05) is 45.4 Å². The zero-order chi connectivity index (χ0) is 18.2. The van der Waals surface area contributed by atoms with Gasteiger partial charge >= 0.3 is 0 Å². The zero-order valence-corrected chi connectivity index (χ0v) is 15.7. The van der Waals surface area contributed by atoms with E-state index in [9.17, 15) is 4.79 Å². The number of rotatable bonds is 7. The Morgan fingerprint density at radius 3 is 2.42 bits per heavy atom. The van der Waals surface area contributed by atoms with E-state index in [1.165, 1.54) is 0 Å². The maximum atomic E-state index is 13.0. The number of ether oxygens (including phenoxy) is 3. The van der Waals surface area contributed by atoms with Crippen LogP contribution in [0, 0.1) is 0 Å². The molecule has 0 radical (unpaired) electrons. The van der Waals surface area contributed by atoms with Gasteiger partial charge in [0.15, 0.2) is 0 Å². The number of carbonyl (C=O) groups is 1. The molecule has 0 aliphatic carbocycles. The quantitative estimate of drug-likeness (QED) is 0.737. The third kappa shape index (κ3) is 5.43. The molecule has 3 rings (SSSR count). The van der Waals surface area contributed by atoms with Gasteiger partial charge in [0.05, 0.1) is 26.7 Å². The number of hydrogen-bond acceptors (Lipinski definition) is 5. The molecule has 0 saturated carbocycles. The average Bonchev–Trinajstić information content (AvgIpc) is 2.70. The van der Waals surface area contributed by atoms with Crippen molar-refractivity contribution in [1.29, 1.82) is 0 Å². The summed E-state index contributed by atoms with van der Waals surface area (Å²) in [4.78, 5) is 17.5. The fourth-order valence-corrected chi connectivity index (χ4v) is 3.60. The van der Waals surface area contributed by atoms with Crippen LogP contribution in [-0.4, -0.2) is 81.5 Å². The molecule has 6 heteroatoms. The number of amides is 1. The number of hydrogen-bond donors (Lipinski definition) is 0. The van der Waals surface area contributed by atoms with Crippen molar-refractivity contribution in [1.82, 2.24) is 9.80 Å². The van der Waals surface area contributed by atoms with Crippen LogP contribution in [0.5, 0.6) is 5.75 Å². The first kappa shape index (κ1) is 19.1. The smallest absolute Gasteiger partial charge is 0.227 e. The lowest BCUT2D eigenvalue weighted by Crippen LogP contribution is -2.49. The van der Waals surface area contributed by atoms with Gasteiger partial charge < -0.3 is 19.1 Å². The van der Waals surface area contributed by atoms with Crippen LogP contribution in [0.15, 0.2) is 24.3 Å². The summed E-state index contributed by atoms with van der Waals surface area (Å²) in [5.41, 5.74) is 1.03. The summed E-state index contributed by atoms with van der Waals surface area (Å²) in [5.74, 6) is 1.02. The van der Waals surface area contributed by atoms with E-state index in [1.54, 1.807) is 7.11 Å². The molecule has 0 spiro atoms. The average molecular weight is 362 g/mol. The van der Waals surface area contributed by atoms with E-state index in [0.717, 1.165) is 76.8 Å². The summed E-state index contributed by atoms with van der Waals surface area (Å²) in [6.45, 7) is 6.66. The molecular formula is C20H30N2O4. The van der Waals surface area contributed by atoms with Crippen molar-refractivity contribution in [2.24, 2.45) is 0 Å². The standard InChI is InChI=1S/C20H30N2O4/c1-24-19-4-2-17(3-5-19)16-20(23)22(18-6-12-25-13-7-18)9-8-21-10-14-26-15-11-21/h2-5,18H,6-16H2,1H3. The predicted octanol–water partition coefficient (Wildman–Crippen LogP) is 1.58. The predicted molar refractivity (Wildman–Crippen MR) is 99.5 cm³/mol. The van der Waals surface area contributed by atoms with Gasteiger partial charge in [-0.25, -0.2) is 0 Å². The van der Waals surface area contributed by atoms with Crippen molar-refractivity contribution in [3.05, 3.63) is 29.8 Å². The molecule has 2 saturated heterocycles.